The molecule has 2 nitrogen and oxygen atoms in total. The van der Waals surface area contributed by atoms with Crippen LogP contribution in [0.3, 0.4) is 0 Å². The predicted octanol–water partition coefficient (Wildman–Crippen LogP) is 1.81. The summed E-state index contributed by atoms with van der Waals surface area (Å²) < 4.78 is 0. The Kier molecular flexibility index (Phi) is 4.70. The summed E-state index contributed by atoms with van der Waals surface area (Å²) in [6, 6.07) is 0. The standard InChI is InChI=1S/C8H13NOS/c1-4-7(5-2)8(10)9-6(3)11/h4H,5H2,1-3H3,(H,9,10,11)/b7-4-. The Morgan fingerprint density at radius 1 is 1.64 bits per heavy atom. The second-order valence-electron chi connectivity index (χ2n) is 2.18. The molecular formula is C8H13NOS. The molecule has 0 unspecified atom stereocenters. The monoisotopic (exact) mass is 171 g/mol. The zero-order valence-electron chi connectivity index (χ0n) is 7.10. The van der Waals surface area contributed by atoms with E-state index in [0.29, 0.717) is 4.99 Å². The van der Waals surface area contributed by atoms with Crippen LogP contribution in [0.15, 0.2) is 11.6 Å². The van der Waals surface area contributed by atoms with Gasteiger partial charge < -0.3 is 5.32 Å². The minimum absolute atomic E-state index is 0.0810. The van der Waals surface area contributed by atoms with Gasteiger partial charge in [0.05, 0.1) is 4.99 Å². The van der Waals surface area contributed by atoms with Crippen molar-refractivity contribution in [1.82, 2.24) is 5.32 Å². The summed E-state index contributed by atoms with van der Waals surface area (Å²) in [5, 5.41) is 2.57. The Balaban J connectivity index is 4.12. The molecule has 0 aliphatic heterocycles. The summed E-state index contributed by atoms with van der Waals surface area (Å²) in [6.07, 6.45) is 2.54. The van der Waals surface area contributed by atoms with Gasteiger partial charge >= 0.3 is 0 Å². The highest BCUT2D eigenvalue weighted by molar-refractivity contribution is 7.80. The molecule has 0 bridgehead atoms. The van der Waals surface area contributed by atoms with Gasteiger partial charge in [0.15, 0.2) is 0 Å². The SMILES string of the molecule is C/C=C(/CC)C(=O)NC(C)=S. The summed E-state index contributed by atoms with van der Waals surface area (Å²) in [4.78, 5) is 11.7. The minimum atomic E-state index is -0.0810. The normalized spacial score (nSPS) is 11.0. The molecular weight excluding hydrogens is 158 g/mol. The highest BCUT2D eigenvalue weighted by Crippen LogP contribution is 1.99. The highest BCUT2D eigenvalue weighted by Gasteiger charge is 2.04. The maximum absolute atomic E-state index is 11.1. The van der Waals surface area contributed by atoms with E-state index < -0.39 is 0 Å². The molecule has 0 saturated heterocycles. The van der Waals surface area contributed by atoms with Gasteiger partial charge in [0.25, 0.3) is 5.91 Å². The number of carbonyl (C=O) groups excluding carboxylic acids is 1. The van der Waals surface area contributed by atoms with Crippen molar-refractivity contribution in [3.8, 4) is 0 Å². The summed E-state index contributed by atoms with van der Waals surface area (Å²) in [5.41, 5.74) is 0.772. The Labute approximate surface area is 72.7 Å². The van der Waals surface area contributed by atoms with Crippen LogP contribution in [0.2, 0.25) is 0 Å². The van der Waals surface area contributed by atoms with Crippen LogP contribution in [-0.2, 0) is 4.79 Å². The Hall–Kier alpha value is -0.700. The molecule has 11 heavy (non-hydrogen) atoms. The van der Waals surface area contributed by atoms with Crippen LogP contribution in [0, 0.1) is 0 Å². The maximum Gasteiger partial charge on any atom is 0.251 e. The summed E-state index contributed by atoms with van der Waals surface area (Å²) in [6.45, 7) is 5.47. The lowest BCUT2D eigenvalue weighted by atomic mass is 10.2. The van der Waals surface area contributed by atoms with Crippen LogP contribution in [0.25, 0.3) is 0 Å². The van der Waals surface area contributed by atoms with E-state index in [1.54, 1.807) is 13.0 Å². The molecule has 0 rings (SSSR count). The zero-order chi connectivity index (χ0) is 8.85. The van der Waals surface area contributed by atoms with Crippen molar-refractivity contribution in [2.75, 3.05) is 0 Å². The summed E-state index contributed by atoms with van der Waals surface area (Å²) in [7, 11) is 0. The quantitative estimate of drug-likeness (QED) is 0.507. The first kappa shape index (κ1) is 10.3. The van der Waals surface area contributed by atoms with Crippen molar-refractivity contribution in [1.29, 1.82) is 0 Å². The van der Waals surface area contributed by atoms with Crippen LogP contribution in [0.5, 0.6) is 0 Å². The average molecular weight is 171 g/mol. The first-order valence-corrected chi connectivity index (χ1v) is 3.99. The molecule has 1 amide bonds. The smallest absolute Gasteiger partial charge is 0.251 e. The molecule has 0 fully saturated rings. The first-order valence-electron chi connectivity index (χ1n) is 3.58. The fourth-order valence-corrected chi connectivity index (χ4v) is 0.829. The lowest BCUT2D eigenvalue weighted by molar-refractivity contribution is -0.116. The second-order valence-corrected chi connectivity index (χ2v) is 2.79. The second kappa shape index (κ2) is 5.02. The number of amides is 1. The Bertz CT molecular complexity index is 196. The van der Waals surface area contributed by atoms with E-state index in [-0.39, 0.29) is 5.91 Å². The molecule has 0 aliphatic carbocycles. The maximum atomic E-state index is 11.1. The number of hydrogen-bond acceptors (Lipinski definition) is 2. The van der Waals surface area contributed by atoms with Crippen LogP contribution >= 0.6 is 12.2 Å². The van der Waals surface area contributed by atoms with E-state index in [4.69, 9.17) is 12.2 Å². The van der Waals surface area contributed by atoms with E-state index in [2.05, 4.69) is 5.32 Å². The van der Waals surface area contributed by atoms with Gasteiger partial charge in [0, 0.05) is 5.57 Å². The highest BCUT2D eigenvalue weighted by atomic mass is 32.1. The molecule has 0 aromatic carbocycles. The van der Waals surface area contributed by atoms with Crippen molar-refractivity contribution < 1.29 is 4.79 Å². The Morgan fingerprint density at radius 3 is 2.45 bits per heavy atom. The van der Waals surface area contributed by atoms with Crippen molar-refractivity contribution in [2.24, 2.45) is 0 Å². The lowest BCUT2D eigenvalue weighted by Crippen LogP contribution is -2.27. The third-order valence-corrected chi connectivity index (χ3v) is 1.41. The van der Waals surface area contributed by atoms with Crippen LogP contribution < -0.4 is 5.32 Å². The van der Waals surface area contributed by atoms with Gasteiger partial charge in [-0.25, -0.2) is 0 Å². The first-order chi connectivity index (χ1) is 5.11. The molecule has 0 heterocycles. The van der Waals surface area contributed by atoms with Crippen LogP contribution in [-0.4, -0.2) is 10.9 Å². The molecule has 0 radical (unpaired) electrons. The average Bonchev–Trinajstić information content (AvgIpc) is 1.88. The van der Waals surface area contributed by atoms with Gasteiger partial charge in [-0.05, 0) is 20.3 Å². The fraction of sp³-hybridized carbons (Fsp3) is 0.500. The number of carbonyl (C=O) groups is 1. The van der Waals surface area contributed by atoms with Crippen molar-refractivity contribution in [3.05, 3.63) is 11.6 Å². The van der Waals surface area contributed by atoms with E-state index in [1.165, 1.54) is 0 Å². The van der Waals surface area contributed by atoms with Crippen molar-refractivity contribution in [3.63, 3.8) is 0 Å². The van der Waals surface area contributed by atoms with Gasteiger partial charge in [0.2, 0.25) is 0 Å². The molecule has 0 aromatic rings. The van der Waals surface area contributed by atoms with E-state index >= 15 is 0 Å². The minimum Gasteiger partial charge on any atom is -0.317 e. The van der Waals surface area contributed by atoms with Gasteiger partial charge in [-0.3, -0.25) is 4.79 Å². The van der Waals surface area contributed by atoms with Gasteiger partial charge in [0.1, 0.15) is 0 Å². The summed E-state index contributed by atoms with van der Waals surface area (Å²) >= 11 is 4.73. The van der Waals surface area contributed by atoms with Gasteiger partial charge in [-0.2, -0.15) is 0 Å². The van der Waals surface area contributed by atoms with Crippen LogP contribution in [0.1, 0.15) is 27.2 Å². The number of rotatable bonds is 2. The van der Waals surface area contributed by atoms with E-state index in [1.807, 2.05) is 13.8 Å². The lowest BCUT2D eigenvalue weighted by Gasteiger charge is -2.03. The molecule has 0 saturated carbocycles. The predicted molar refractivity (Wildman–Crippen MR) is 50.5 cm³/mol. The number of thiocarbonyl (C=S) groups is 1. The zero-order valence-corrected chi connectivity index (χ0v) is 7.92. The number of nitrogens with one attached hydrogen (secondary N) is 1. The topological polar surface area (TPSA) is 29.1 Å². The summed E-state index contributed by atoms with van der Waals surface area (Å²) in [5.74, 6) is -0.0810. The van der Waals surface area contributed by atoms with Crippen LogP contribution in [0.4, 0.5) is 0 Å². The van der Waals surface area contributed by atoms with E-state index in [9.17, 15) is 4.79 Å². The third-order valence-electron chi connectivity index (χ3n) is 1.31. The molecule has 62 valence electrons. The Morgan fingerprint density at radius 2 is 2.18 bits per heavy atom. The van der Waals surface area contributed by atoms with Gasteiger partial charge in [-0.1, -0.05) is 25.2 Å². The molecule has 1 N–H and O–H groups in total. The molecule has 0 spiro atoms. The fourth-order valence-electron chi connectivity index (χ4n) is 0.736. The molecule has 0 atom stereocenters. The van der Waals surface area contributed by atoms with E-state index in [0.717, 1.165) is 12.0 Å². The van der Waals surface area contributed by atoms with Crippen molar-refractivity contribution in [2.45, 2.75) is 27.2 Å². The molecule has 0 aromatic heterocycles. The van der Waals surface area contributed by atoms with Gasteiger partial charge in [-0.15, -0.1) is 0 Å². The van der Waals surface area contributed by atoms with Crippen molar-refractivity contribution >= 4 is 23.1 Å². The molecule has 3 heteroatoms. The third kappa shape index (κ3) is 3.88. The molecule has 0 aliphatic rings. The number of allylic oxidation sites excluding steroid dienone is 1. The number of hydrogen-bond donors (Lipinski definition) is 1. The largest absolute Gasteiger partial charge is 0.317 e.